The van der Waals surface area contributed by atoms with Crippen LogP contribution in [0.2, 0.25) is 0 Å². The highest BCUT2D eigenvalue weighted by Crippen LogP contribution is 2.37. The van der Waals surface area contributed by atoms with Crippen LogP contribution in [0.3, 0.4) is 0 Å². The number of carbonyl (C=O) groups excluding carboxylic acids is 2. The summed E-state index contributed by atoms with van der Waals surface area (Å²) in [6.07, 6.45) is 5.43. The van der Waals surface area contributed by atoms with E-state index < -0.39 is 0 Å². The van der Waals surface area contributed by atoms with Crippen LogP contribution in [0.5, 0.6) is 17.2 Å². The lowest BCUT2D eigenvalue weighted by Gasteiger charge is -2.33. The molecule has 45 heavy (non-hydrogen) atoms. The van der Waals surface area contributed by atoms with Gasteiger partial charge in [0.15, 0.2) is 11.5 Å². The SMILES string of the molecule is CCOCCOc1cc2c(ccn2C(=O)NC)cc1Oc1ccnc(NC(=O)c2ccc(C3CCN(CC(C)N)CC3)cc2)c1. The molecule has 2 amide bonds. The number of hydrogen-bond donors (Lipinski definition) is 3. The largest absolute Gasteiger partial charge is 0.487 e. The van der Waals surface area contributed by atoms with Crippen molar-refractivity contribution in [1.82, 2.24) is 19.8 Å². The Morgan fingerprint density at radius 3 is 2.53 bits per heavy atom. The molecule has 0 radical (unpaired) electrons. The number of carbonyl (C=O) groups is 2. The van der Waals surface area contributed by atoms with Crippen molar-refractivity contribution in [3.63, 3.8) is 0 Å². The third-order valence-corrected chi connectivity index (χ3v) is 7.86. The fourth-order valence-corrected chi connectivity index (χ4v) is 5.61. The number of rotatable bonds is 12. The summed E-state index contributed by atoms with van der Waals surface area (Å²) in [5.74, 6) is 1.95. The number of likely N-dealkylation sites (tertiary alicyclic amines) is 1. The molecular formula is C34H42N6O5. The summed E-state index contributed by atoms with van der Waals surface area (Å²) in [7, 11) is 1.58. The Labute approximate surface area is 263 Å². The molecule has 1 aliphatic rings. The average molecular weight is 615 g/mol. The number of nitrogens with two attached hydrogens (primary N) is 1. The Hall–Kier alpha value is -4.45. The second kappa shape index (κ2) is 15.0. The van der Waals surface area contributed by atoms with Crippen molar-refractivity contribution in [3.8, 4) is 17.2 Å². The highest BCUT2D eigenvalue weighted by molar-refractivity contribution is 6.03. The molecule has 11 heteroatoms. The van der Waals surface area contributed by atoms with Crippen molar-refractivity contribution >= 4 is 28.7 Å². The van der Waals surface area contributed by atoms with Gasteiger partial charge in [-0.3, -0.25) is 9.36 Å². The lowest BCUT2D eigenvalue weighted by Crippen LogP contribution is -2.40. The summed E-state index contributed by atoms with van der Waals surface area (Å²) < 4.78 is 19.2. The summed E-state index contributed by atoms with van der Waals surface area (Å²) >= 11 is 0. The molecule has 1 unspecified atom stereocenters. The fourth-order valence-electron chi connectivity index (χ4n) is 5.61. The Bertz CT molecular complexity index is 1590. The summed E-state index contributed by atoms with van der Waals surface area (Å²) in [6.45, 7) is 8.26. The third-order valence-electron chi connectivity index (χ3n) is 7.86. The van der Waals surface area contributed by atoms with E-state index in [0.717, 1.165) is 37.9 Å². The van der Waals surface area contributed by atoms with Gasteiger partial charge in [-0.1, -0.05) is 12.1 Å². The number of benzene rings is 2. The average Bonchev–Trinajstić information content (AvgIpc) is 3.45. The molecule has 0 aliphatic carbocycles. The second-order valence-electron chi connectivity index (χ2n) is 11.3. The van der Waals surface area contributed by atoms with E-state index in [1.54, 1.807) is 37.6 Å². The van der Waals surface area contributed by atoms with E-state index in [1.807, 2.05) is 50.2 Å². The van der Waals surface area contributed by atoms with Crippen LogP contribution in [0, 0.1) is 0 Å². The van der Waals surface area contributed by atoms with E-state index in [4.69, 9.17) is 19.9 Å². The van der Waals surface area contributed by atoms with Gasteiger partial charge in [0.05, 0.1) is 12.1 Å². The fraction of sp³-hybridized carbons (Fsp3) is 0.382. The van der Waals surface area contributed by atoms with Gasteiger partial charge in [0.1, 0.15) is 18.2 Å². The van der Waals surface area contributed by atoms with Gasteiger partial charge in [-0.15, -0.1) is 0 Å². The van der Waals surface area contributed by atoms with E-state index in [-0.39, 0.29) is 18.0 Å². The first-order valence-corrected chi connectivity index (χ1v) is 15.5. The van der Waals surface area contributed by atoms with Gasteiger partial charge < -0.3 is 35.5 Å². The van der Waals surface area contributed by atoms with Gasteiger partial charge in [0.2, 0.25) is 0 Å². The van der Waals surface area contributed by atoms with Gasteiger partial charge in [-0.05, 0) is 81.6 Å². The van der Waals surface area contributed by atoms with Crippen molar-refractivity contribution in [3.05, 3.63) is 78.1 Å². The molecular weight excluding hydrogens is 572 g/mol. The molecule has 1 fully saturated rings. The van der Waals surface area contributed by atoms with Crippen LogP contribution >= 0.6 is 0 Å². The number of hydrogen-bond acceptors (Lipinski definition) is 8. The molecule has 2 aromatic heterocycles. The minimum atomic E-state index is -0.263. The van der Waals surface area contributed by atoms with Crippen LogP contribution in [0.1, 0.15) is 48.5 Å². The van der Waals surface area contributed by atoms with Crippen LogP contribution < -0.4 is 25.8 Å². The molecule has 4 N–H and O–H groups in total. The maximum Gasteiger partial charge on any atom is 0.325 e. The Morgan fingerprint density at radius 2 is 1.82 bits per heavy atom. The summed E-state index contributed by atoms with van der Waals surface area (Å²) in [5, 5.41) is 6.31. The van der Waals surface area contributed by atoms with E-state index in [2.05, 4.69) is 20.5 Å². The van der Waals surface area contributed by atoms with Crippen LogP contribution in [0.25, 0.3) is 10.9 Å². The van der Waals surface area contributed by atoms with Crippen molar-refractivity contribution in [2.45, 2.75) is 38.6 Å². The Kier molecular flexibility index (Phi) is 10.7. The molecule has 1 aliphatic heterocycles. The van der Waals surface area contributed by atoms with Gasteiger partial charge in [0, 0.05) is 61.7 Å². The standard InChI is InChI=1S/C34H42N6O5/c1-4-43-17-18-44-30-21-29-27(12-16-40(29)34(42)36-3)19-31(30)45-28-9-13-37-32(20-28)38-33(41)26-7-5-24(6-8-26)25-10-14-39(15-11-25)22-23(2)35/h5-9,12-13,16,19-21,23,25H,4,10-11,14-15,17-18,22,35H2,1-3H3,(H,36,42)(H,37,38,41). The maximum atomic E-state index is 13.1. The Morgan fingerprint density at radius 1 is 1.04 bits per heavy atom. The molecule has 2 aromatic carbocycles. The van der Waals surface area contributed by atoms with E-state index in [9.17, 15) is 9.59 Å². The molecule has 238 valence electrons. The predicted octanol–water partition coefficient (Wildman–Crippen LogP) is 5.21. The first kappa shape index (κ1) is 32.0. The monoisotopic (exact) mass is 614 g/mol. The number of fused-ring (bicyclic) bond motifs is 1. The number of nitrogens with one attached hydrogen (secondary N) is 2. The number of piperidine rings is 1. The van der Waals surface area contributed by atoms with Crippen molar-refractivity contribution < 1.29 is 23.8 Å². The molecule has 0 spiro atoms. The summed E-state index contributed by atoms with van der Waals surface area (Å²) in [4.78, 5) is 32.2. The quantitative estimate of drug-likeness (QED) is 0.185. The van der Waals surface area contributed by atoms with Crippen molar-refractivity contribution in [1.29, 1.82) is 0 Å². The smallest absolute Gasteiger partial charge is 0.325 e. The zero-order valence-corrected chi connectivity index (χ0v) is 26.1. The molecule has 11 nitrogen and oxygen atoms in total. The van der Waals surface area contributed by atoms with Gasteiger partial charge in [0.25, 0.3) is 5.91 Å². The Balaban J connectivity index is 1.26. The number of ether oxygens (including phenoxy) is 3. The molecule has 3 heterocycles. The van der Waals surface area contributed by atoms with Crippen LogP contribution in [0.4, 0.5) is 10.6 Å². The van der Waals surface area contributed by atoms with Gasteiger partial charge >= 0.3 is 6.03 Å². The molecule has 4 aromatic rings. The number of anilines is 1. The normalized spacial score (nSPS) is 14.7. The molecule has 1 saturated heterocycles. The van der Waals surface area contributed by atoms with Crippen LogP contribution in [0.15, 0.2) is 67.0 Å². The first-order valence-electron chi connectivity index (χ1n) is 15.5. The molecule has 5 rings (SSSR count). The second-order valence-corrected chi connectivity index (χ2v) is 11.3. The minimum Gasteiger partial charge on any atom is -0.487 e. The molecule has 0 bridgehead atoms. The predicted molar refractivity (Wildman–Crippen MR) is 175 cm³/mol. The third kappa shape index (κ3) is 8.18. The van der Waals surface area contributed by atoms with E-state index in [1.165, 1.54) is 10.1 Å². The molecule has 1 atom stereocenters. The van der Waals surface area contributed by atoms with E-state index in [0.29, 0.717) is 59.9 Å². The number of aromatic nitrogens is 2. The zero-order chi connectivity index (χ0) is 31.8. The number of nitrogens with zero attached hydrogens (tertiary/aromatic N) is 3. The van der Waals surface area contributed by atoms with Gasteiger partial charge in [-0.25, -0.2) is 9.78 Å². The highest BCUT2D eigenvalue weighted by Gasteiger charge is 2.21. The van der Waals surface area contributed by atoms with E-state index >= 15 is 0 Å². The molecule has 0 saturated carbocycles. The topological polar surface area (TPSA) is 133 Å². The summed E-state index contributed by atoms with van der Waals surface area (Å²) in [6, 6.07) is 16.5. The van der Waals surface area contributed by atoms with Crippen LogP contribution in [-0.2, 0) is 4.74 Å². The van der Waals surface area contributed by atoms with Gasteiger partial charge in [-0.2, -0.15) is 0 Å². The minimum absolute atomic E-state index is 0.183. The van der Waals surface area contributed by atoms with Crippen molar-refractivity contribution in [2.75, 3.05) is 51.8 Å². The van der Waals surface area contributed by atoms with Crippen LogP contribution in [-0.4, -0.2) is 78.9 Å². The maximum absolute atomic E-state index is 13.1. The lowest BCUT2D eigenvalue weighted by atomic mass is 9.89. The number of pyridine rings is 1. The first-order chi connectivity index (χ1) is 21.8. The zero-order valence-electron chi connectivity index (χ0n) is 26.1. The highest BCUT2D eigenvalue weighted by atomic mass is 16.5. The lowest BCUT2D eigenvalue weighted by molar-refractivity contribution is 0.102. The van der Waals surface area contributed by atoms with Crippen molar-refractivity contribution in [2.24, 2.45) is 5.73 Å². The summed E-state index contributed by atoms with van der Waals surface area (Å²) in [5.41, 5.74) is 8.44. The number of amides is 2.